The van der Waals surface area contributed by atoms with Crippen molar-refractivity contribution in [3.8, 4) is 0 Å². The van der Waals surface area contributed by atoms with Gasteiger partial charge in [0, 0.05) is 0 Å². The summed E-state index contributed by atoms with van der Waals surface area (Å²) in [5, 5.41) is 0. The standard InChI is InChI=1S/C23H26F2O5/c1-22(2)28-18-19(27-14-17-11-7-4-8-12-17)23(21(24)25,30-20(18)29-22)15-26-13-16-9-5-3-6-10-16/h3-12,18-21H,13-15H2,1-2H3/t18-,19+,20+,23-/m1/s1. The molecule has 2 aromatic carbocycles. The van der Waals surface area contributed by atoms with Crippen molar-refractivity contribution in [2.45, 2.75) is 63.4 Å². The summed E-state index contributed by atoms with van der Waals surface area (Å²) >= 11 is 0. The molecule has 0 bridgehead atoms. The van der Waals surface area contributed by atoms with E-state index in [4.69, 9.17) is 23.7 Å². The van der Waals surface area contributed by atoms with Crippen LogP contribution in [0, 0.1) is 0 Å². The van der Waals surface area contributed by atoms with E-state index in [0.717, 1.165) is 11.1 Å². The lowest BCUT2D eigenvalue weighted by atomic mass is 9.96. The smallest absolute Gasteiger partial charge is 0.272 e. The number of hydrogen-bond donors (Lipinski definition) is 0. The van der Waals surface area contributed by atoms with Crippen LogP contribution in [0.1, 0.15) is 25.0 Å². The predicted octanol–water partition coefficient (Wildman–Crippen LogP) is 4.30. The van der Waals surface area contributed by atoms with Gasteiger partial charge in [0.05, 0.1) is 19.8 Å². The Morgan fingerprint density at radius 2 is 1.47 bits per heavy atom. The minimum Gasteiger partial charge on any atom is -0.373 e. The highest BCUT2D eigenvalue weighted by Gasteiger charge is 2.66. The van der Waals surface area contributed by atoms with Crippen LogP contribution in [-0.4, -0.2) is 42.9 Å². The minimum absolute atomic E-state index is 0.148. The van der Waals surface area contributed by atoms with Crippen molar-refractivity contribution < 1.29 is 32.5 Å². The Bertz CT molecular complexity index is 817. The lowest BCUT2D eigenvalue weighted by Crippen LogP contribution is -2.55. The quantitative estimate of drug-likeness (QED) is 0.637. The second-order valence-corrected chi connectivity index (χ2v) is 8.04. The van der Waals surface area contributed by atoms with E-state index in [0.29, 0.717) is 0 Å². The number of alkyl halides is 2. The Labute approximate surface area is 174 Å². The Balaban J connectivity index is 1.53. The molecule has 0 N–H and O–H groups in total. The Morgan fingerprint density at radius 1 is 0.867 bits per heavy atom. The molecule has 162 valence electrons. The molecule has 0 unspecified atom stereocenters. The molecule has 2 aliphatic rings. The first kappa shape index (κ1) is 21.3. The van der Waals surface area contributed by atoms with Crippen LogP contribution in [0.5, 0.6) is 0 Å². The van der Waals surface area contributed by atoms with Crippen LogP contribution >= 0.6 is 0 Å². The molecule has 4 rings (SSSR count). The molecule has 2 aliphatic heterocycles. The highest BCUT2D eigenvalue weighted by atomic mass is 19.3. The van der Waals surface area contributed by atoms with Crippen molar-refractivity contribution in [3.63, 3.8) is 0 Å². The van der Waals surface area contributed by atoms with Crippen LogP contribution < -0.4 is 0 Å². The SMILES string of the molecule is CC1(C)O[C@H]2O[C@@](COCc3ccccc3)(C(F)F)[C@@H](OCc3ccccc3)[C@H]2O1. The van der Waals surface area contributed by atoms with Crippen LogP contribution in [0.4, 0.5) is 8.78 Å². The van der Waals surface area contributed by atoms with Gasteiger partial charge in [-0.05, 0) is 25.0 Å². The van der Waals surface area contributed by atoms with Crippen molar-refractivity contribution in [2.24, 2.45) is 0 Å². The molecule has 0 aromatic heterocycles. The summed E-state index contributed by atoms with van der Waals surface area (Å²) in [6, 6.07) is 18.7. The van der Waals surface area contributed by atoms with Crippen molar-refractivity contribution in [1.29, 1.82) is 0 Å². The van der Waals surface area contributed by atoms with Gasteiger partial charge in [0.15, 0.2) is 17.7 Å². The van der Waals surface area contributed by atoms with E-state index in [1.54, 1.807) is 13.8 Å². The zero-order valence-corrected chi connectivity index (χ0v) is 17.0. The summed E-state index contributed by atoms with van der Waals surface area (Å²) < 4.78 is 57.8. The molecular formula is C23H26F2O5. The molecule has 7 heteroatoms. The largest absolute Gasteiger partial charge is 0.373 e. The van der Waals surface area contributed by atoms with E-state index in [-0.39, 0.29) is 19.8 Å². The average Bonchev–Trinajstić information content (AvgIpc) is 3.17. The van der Waals surface area contributed by atoms with Gasteiger partial charge < -0.3 is 23.7 Å². The molecule has 5 nitrogen and oxygen atoms in total. The van der Waals surface area contributed by atoms with Crippen molar-refractivity contribution >= 4 is 0 Å². The lowest BCUT2D eigenvalue weighted by molar-refractivity contribution is -0.281. The van der Waals surface area contributed by atoms with Gasteiger partial charge in [-0.3, -0.25) is 0 Å². The Kier molecular flexibility index (Phi) is 6.18. The summed E-state index contributed by atoms with van der Waals surface area (Å²) in [6.07, 6.45) is -5.64. The first-order chi connectivity index (χ1) is 14.4. The third-order valence-electron chi connectivity index (χ3n) is 5.28. The molecule has 0 saturated carbocycles. The molecule has 4 atom stereocenters. The lowest BCUT2D eigenvalue weighted by Gasteiger charge is -2.35. The third-order valence-corrected chi connectivity index (χ3v) is 5.28. The predicted molar refractivity (Wildman–Crippen MR) is 105 cm³/mol. The molecular weight excluding hydrogens is 394 g/mol. The topological polar surface area (TPSA) is 46.2 Å². The number of fused-ring (bicyclic) bond motifs is 1. The van der Waals surface area contributed by atoms with Gasteiger partial charge >= 0.3 is 0 Å². The molecule has 2 aromatic rings. The van der Waals surface area contributed by atoms with Gasteiger partial charge in [0.1, 0.15) is 12.2 Å². The first-order valence-electron chi connectivity index (χ1n) is 9.98. The second-order valence-electron chi connectivity index (χ2n) is 8.04. The summed E-state index contributed by atoms with van der Waals surface area (Å²) in [5.41, 5.74) is -0.238. The van der Waals surface area contributed by atoms with Crippen molar-refractivity contribution in [1.82, 2.24) is 0 Å². The Hall–Kier alpha value is -1.90. The van der Waals surface area contributed by atoms with Gasteiger partial charge in [-0.2, -0.15) is 0 Å². The average molecular weight is 420 g/mol. The summed E-state index contributed by atoms with van der Waals surface area (Å²) in [6.45, 7) is 3.43. The maximum Gasteiger partial charge on any atom is 0.272 e. The zero-order valence-electron chi connectivity index (χ0n) is 17.0. The van der Waals surface area contributed by atoms with E-state index in [2.05, 4.69) is 0 Å². The number of halogens is 2. The monoisotopic (exact) mass is 420 g/mol. The normalized spacial score (nSPS) is 30.0. The molecule has 2 heterocycles. The fraction of sp³-hybridized carbons (Fsp3) is 0.478. The molecule has 2 fully saturated rings. The number of ether oxygens (including phenoxy) is 5. The molecule has 0 aliphatic carbocycles. The number of benzene rings is 2. The summed E-state index contributed by atoms with van der Waals surface area (Å²) in [7, 11) is 0. The van der Waals surface area contributed by atoms with Crippen molar-refractivity contribution in [3.05, 3.63) is 71.8 Å². The van der Waals surface area contributed by atoms with E-state index in [1.165, 1.54) is 0 Å². The summed E-state index contributed by atoms with van der Waals surface area (Å²) in [4.78, 5) is 0. The first-order valence-corrected chi connectivity index (χ1v) is 9.98. The maximum absolute atomic E-state index is 14.4. The minimum atomic E-state index is -2.85. The van der Waals surface area contributed by atoms with Crippen LogP contribution in [0.25, 0.3) is 0 Å². The summed E-state index contributed by atoms with van der Waals surface area (Å²) in [5.74, 6) is -0.942. The fourth-order valence-electron chi connectivity index (χ4n) is 3.87. The second kappa shape index (κ2) is 8.69. The highest BCUT2D eigenvalue weighted by Crippen LogP contribution is 2.46. The molecule has 0 amide bonds. The maximum atomic E-state index is 14.4. The number of hydrogen-bond acceptors (Lipinski definition) is 5. The van der Waals surface area contributed by atoms with E-state index in [9.17, 15) is 8.78 Å². The fourth-order valence-corrected chi connectivity index (χ4v) is 3.87. The molecule has 0 spiro atoms. The van der Waals surface area contributed by atoms with Crippen LogP contribution in [-0.2, 0) is 36.9 Å². The Morgan fingerprint density at radius 3 is 2.07 bits per heavy atom. The molecule has 2 saturated heterocycles. The molecule has 30 heavy (non-hydrogen) atoms. The van der Waals surface area contributed by atoms with E-state index >= 15 is 0 Å². The zero-order chi connectivity index (χ0) is 21.2. The number of rotatable bonds is 8. The van der Waals surface area contributed by atoms with E-state index in [1.807, 2.05) is 60.7 Å². The van der Waals surface area contributed by atoms with Gasteiger partial charge in [-0.15, -0.1) is 0 Å². The third kappa shape index (κ3) is 4.40. The van der Waals surface area contributed by atoms with E-state index < -0.39 is 36.3 Å². The van der Waals surface area contributed by atoms with Gasteiger partial charge in [0.2, 0.25) is 0 Å². The van der Waals surface area contributed by atoms with Crippen molar-refractivity contribution in [2.75, 3.05) is 6.61 Å². The van der Waals surface area contributed by atoms with Crippen LogP contribution in [0.2, 0.25) is 0 Å². The van der Waals surface area contributed by atoms with Crippen LogP contribution in [0.15, 0.2) is 60.7 Å². The van der Waals surface area contributed by atoms with Gasteiger partial charge in [-0.1, -0.05) is 60.7 Å². The highest BCUT2D eigenvalue weighted by molar-refractivity contribution is 5.15. The molecule has 0 radical (unpaired) electrons. The van der Waals surface area contributed by atoms with Crippen LogP contribution in [0.3, 0.4) is 0 Å². The van der Waals surface area contributed by atoms with Gasteiger partial charge in [-0.25, -0.2) is 8.78 Å². The van der Waals surface area contributed by atoms with Gasteiger partial charge in [0.25, 0.3) is 6.43 Å².